The first-order valence-corrected chi connectivity index (χ1v) is 10.6. The van der Waals surface area contributed by atoms with Crippen LogP contribution in [0.25, 0.3) is 0 Å². The van der Waals surface area contributed by atoms with E-state index in [0.717, 1.165) is 18.5 Å². The number of halogens is 2. The fourth-order valence-corrected chi connectivity index (χ4v) is 3.87. The van der Waals surface area contributed by atoms with Crippen LogP contribution in [0.15, 0.2) is 48.5 Å². The Kier molecular flexibility index (Phi) is 11.4. The van der Waals surface area contributed by atoms with Crippen LogP contribution < -0.4 is 21.7 Å². The van der Waals surface area contributed by atoms with Crippen LogP contribution in [-0.4, -0.2) is 36.3 Å². The van der Waals surface area contributed by atoms with Crippen molar-refractivity contribution in [2.24, 2.45) is 5.73 Å². The maximum Gasteiger partial charge on any atom is 0.242 e. The average Bonchev–Trinajstić information content (AvgIpc) is 2.77. The Hall–Kier alpha value is -2.61. The van der Waals surface area contributed by atoms with Gasteiger partial charge in [0.25, 0.3) is 0 Å². The van der Waals surface area contributed by atoms with E-state index in [1.807, 2.05) is 12.1 Å². The maximum atomic E-state index is 12.7. The molecule has 0 aliphatic carbocycles. The fourth-order valence-electron chi connectivity index (χ4n) is 3.87. The van der Waals surface area contributed by atoms with Crippen LogP contribution in [0.3, 0.4) is 0 Å². The van der Waals surface area contributed by atoms with Crippen molar-refractivity contribution in [1.82, 2.24) is 16.0 Å². The van der Waals surface area contributed by atoms with Crippen LogP contribution in [0.2, 0.25) is 0 Å². The molecule has 0 aromatic heterocycles. The van der Waals surface area contributed by atoms with E-state index in [9.17, 15) is 9.59 Å². The number of amides is 2. The molecule has 1 aliphatic heterocycles. The van der Waals surface area contributed by atoms with Crippen LogP contribution in [-0.2, 0) is 16.1 Å². The van der Waals surface area contributed by atoms with Gasteiger partial charge in [0.05, 0.1) is 6.04 Å². The van der Waals surface area contributed by atoms with Crippen molar-refractivity contribution in [2.45, 2.75) is 51.2 Å². The number of aryl methyl sites for hydroxylation is 1. The highest BCUT2D eigenvalue weighted by molar-refractivity contribution is 5.95. The van der Waals surface area contributed by atoms with Crippen LogP contribution in [0.5, 0.6) is 0 Å². The van der Waals surface area contributed by atoms with Gasteiger partial charge in [-0.3, -0.25) is 15.0 Å². The summed E-state index contributed by atoms with van der Waals surface area (Å²) >= 11 is 0. The molecule has 2 aromatic carbocycles. The monoisotopic (exact) mass is 493 g/mol. The summed E-state index contributed by atoms with van der Waals surface area (Å²) in [5.74, 6) is -0.0484. The first kappa shape index (κ1) is 28.4. The second-order valence-electron chi connectivity index (χ2n) is 8.20. The number of rotatable bonds is 7. The van der Waals surface area contributed by atoms with E-state index in [-0.39, 0.29) is 48.5 Å². The number of carbonyl (C=O) groups is 2. The summed E-state index contributed by atoms with van der Waals surface area (Å²) in [5.41, 5.74) is 9.47. The predicted octanol–water partition coefficient (Wildman–Crippen LogP) is 2.78. The Labute approximate surface area is 207 Å². The Bertz CT molecular complexity index is 952. The molecule has 1 fully saturated rings. The van der Waals surface area contributed by atoms with Gasteiger partial charge in [0.15, 0.2) is 0 Å². The van der Waals surface area contributed by atoms with Crippen LogP contribution >= 0.6 is 24.8 Å². The van der Waals surface area contributed by atoms with E-state index in [1.165, 1.54) is 11.1 Å². The maximum absolute atomic E-state index is 12.7. The average molecular weight is 494 g/mol. The number of amidine groups is 1. The molecule has 2 amide bonds. The second-order valence-corrected chi connectivity index (χ2v) is 8.20. The standard InChI is InChI=1S/C24H31N5O2.2ClH/c1-15-4-3-5-19(12-15)20-10-11-27-21(13-20)24(31)29-16(2)23(30)28-14-17-6-8-18(9-7-17)22(25)26;;/h3-9,12,16,20-21,27H,10-11,13-14H2,1-2H3,(H3,25,26)(H,28,30)(H,29,31);2*1H/t16-,20+,21+;;/m0../s1. The minimum atomic E-state index is -0.634. The number of carbonyl (C=O) groups excluding carboxylic acids is 2. The van der Waals surface area contributed by atoms with E-state index < -0.39 is 6.04 Å². The van der Waals surface area contributed by atoms with Crippen LogP contribution in [0.4, 0.5) is 0 Å². The van der Waals surface area contributed by atoms with Crippen LogP contribution in [0, 0.1) is 12.3 Å². The zero-order valence-corrected chi connectivity index (χ0v) is 20.5. The van der Waals surface area contributed by atoms with Gasteiger partial charge in [0, 0.05) is 12.1 Å². The van der Waals surface area contributed by atoms with Crippen molar-refractivity contribution in [3.05, 3.63) is 70.8 Å². The number of hydrogen-bond donors (Lipinski definition) is 5. The molecule has 0 spiro atoms. The molecule has 1 saturated heterocycles. The van der Waals surface area contributed by atoms with Gasteiger partial charge in [-0.1, -0.05) is 54.1 Å². The molecule has 2 aromatic rings. The molecule has 33 heavy (non-hydrogen) atoms. The summed E-state index contributed by atoms with van der Waals surface area (Å²) in [6.07, 6.45) is 1.71. The Morgan fingerprint density at radius 2 is 1.88 bits per heavy atom. The number of nitrogens with two attached hydrogens (primary N) is 1. The van der Waals surface area contributed by atoms with Gasteiger partial charge in [-0.15, -0.1) is 24.8 Å². The molecule has 0 bridgehead atoms. The summed E-state index contributed by atoms with van der Waals surface area (Å²) in [6, 6.07) is 14.6. The normalized spacial score (nSPS) is 18.1. The number of benzene rings is 2. The first-order chi connectivity index (χ1) is 14.8. The van der Waals surface area contributed by atoms with Crippen molar-refractivity contribution in [3.8, 4) is 0 Å². The first-order valence-electron chi connectivity index (χ1n) is 10.6. The smallest absolute Gasteiger partial charge is 0.242 e. The third-order valence-electron chi connectivity index (χ3n) is 5.72. The summed E-state index contributed by atoms with van der Waals surface area (Å²) in [5, 5.41) is 16.4. The molecule has 1 aliphatic rings. The minimum absolute atomic E-state index is 0. The van der Waals surface area contributed by atoms with Gasteiger partial charge in [-0.05, 0) is 50.3 Å². The van der Waals surface area contributed by atoms with E-state index in [0.29, 0.717) is 24.4 Å². The van der Waals surface area contributed by atoms with Crippen molar-refractivity contribution in [1.29, 1.82) is 5.41 Å². The lowest BCUT2D eigenvalue weighted by Gasteiger charge is -2.30. The molecule has 1 heterocycles. The zero-order chi connectivity index (χ0) is 22.4. The van der Waals surface area contributed by atoms with Crippen molar-refractivity contribution in [3.63, 3.8) is 0 Å². The third-order valence-corrected chi connectivity index (χ3v) is 5.72. The second kappa shape index (κ2) is 13.2. The van der Waals surface area contributed by atoms with E-state index >= 15 is 0 Å². The molecule has 0 radical (unpaired) electrons. The largest absolute Gasteiger partial charge is 0.384 e. The molecular weight excluding hydrogens is 461 g/mol. The zero-order valence-electron chi connectivity index (χ0n) is 18.9. The molecular formula is C24H33Cl2N5O2. The lowest BCUT2D eigenvalue weighted by molar-refractivity contribution is -0.130. The Morgan fingerprint density at radius 1 is 1.18 bits per heavy atom. The highest BCUT2D eigenvalue weighted by atomic mass is 35.5. The molecule has 180 valence electrons. The SMILES string of the molecule is Cc1cccc([C@@H]2CCN[C@@H](C(=O)N[C@@H](C)C(=O)NCc3ccc(C(=N)N)cc3)C2)c1.Cl.Cl. The molecule has 3 rings (SSSR count). The topological polar surface area (TPSA) is 120 Å². The van der Waals surface area contributed by atoms with Gasteiger partial charge in [0.2, 0.25) is 11.8 Å². The Morgan fingerprint density at radius 3 is 2.52 bits per heavy atom. The van der Waals surface area contributed by atoms with Crippen molar-refractivity contribution < 1.29 is 9.59 Å². The van der Waals surface area contributed by atoms with E-state index in [1.54, 1.807) is 19.1 Å². The number of nitrogen functional groups attached to an aromatic ring is 1. The minimum Gasteiger partial charge on any atom is -0.384 e. The summed E-state index contributed by atoms with van der Waals surface area (Å²) < 4.78 is 0. The van der Waals surface area contributed by atoms with Gasteiger partial charge in [-0.2, -0.15) is 0 Å². The Balaban J connectivity index is 0.00000272. The number of piperidine rings is 1. The quantitative estimate of drug-likeness (QED) is 0.300. The van der Waals surface area contributed by atoms with Gasteiger partial charge in [-0.25, -0.2) is 0 Å². The molecule has 3 atom stereocenters. The molecule has 0 saturated carbocycles. The summed E-state index contributed by atoms with van der Waals surface area (Å²) in [7, 11) is 0. The molecule has 9 heteroatoms. The summed E-state index contributed by atoms with van der Waals surface area (Å²) in [4.78, 5) is 25.2. The van der Waals surface area contributed by atoms with Crippen molar-refractivity contribution >= 4 is 42.5 Å². The van der Waals surface area contributed by atoms with E-state index in [2.05, 4.69) is 47.1 Å². The van der Waals surface area contributed by atoms with Crippen molar-refractivity contribution in [2.75, 3.05) is 6.54 Å². The molecule has 7 nitrogen and oxygen atoms in total. The lowest BCUT2D eigenvalue weighted by Crippen LogP contribution is -2.53. The van der Waals surface area contributed by atoms with Crippen LogP contribution in [0.1, 0.15) is 47.9 Å². The number of nitrogens with one attached hydrogen (secondary N) is 4. The van der Waals surface area contributed by atoms with Gasteiger partial charge in [0.1, 0.15) is 11.9 Å². The third kappa shape index (κ3) is 8.03. The van der Waals surface area contributed by atoms with Gasteiger partial charge < -0.3 is 21.7 Å². The number of hydrogen-bond acceptors (Lipinski definition) is 4. The highest BCUT2D eigenvalue weighted by Crippen LogP contribution is 2.28. The predicted molar refractivity (Wildman–Crippen MR) is 136 cm³/mol. The highest BCUT2D eigenvalue weighted by Gasteiger charge is 2.29. The fraction of sp³-hybridized carbons (Fsp3) is 0.375. The van der Waals surface area contributed by atoms with Gasteiger partial charge >= 0.3 is 0 Å². The molecule has 0 unspecified atom stereocenters. The summed E-state index contributed by atoms with van der Waals surface area (Å²) in [6.45, 7) is 4.88. The lowest BCUT2D eigenvalue weighted by atomic mass is 9.85. The van der Waals surface area contributed by atoms with E-state index in [4.69, 9.17) is 11.1 Å². The molecule has 6 N–H and O–H groups in total.